The van der Waals surface area contributed by atoms with Crippen LogP contribution in [-0.4, -0.2) is 42.3 Å². The van der Waals surface area contributed by atoms with Gasteiger partial charge >= 0.3 is 0 Å². The summed E-state index contributed by atoms with van der Waals surface area (Å²) in [6.45, 7) is -0.994. The van der Waals surface area contributed by atoms with Crippen molar-refractivity contribution in [2.24, 2.45) is 11.5 Å². The summed E-state index contributed by atoms with van der Waals surface area (Å²) < 4.78 is 13.5. The summed E-state index contributed by atoms with van der Waals surface area (Å²) >= 11 is 0. The third-order valence-electron chi connectivity index (χ3n) is 2.39. The smallest absolute Gasteiger partial charge is 0.238 e. The second kappa shape index (κ2) is 7.20. The largest absolute Gasteiger partial charge is 0.399 e. The summed E-state index contributed by atoms with van der Waals surface area (Å²) in [6, 6.07) is 3.70. The monoisotopic (exact) mass is 297 g/mol. The molecule has 21 heavy (non-hydrogen) atoms. The van der Waals surface area contributed by atoms with Crippen LogP contribution < -0.4 is 22.5 Å². The molecule has 0 atom stereocenters. The minimum Gasteiger partial charge on any atom is -0.399 e. The lowest BCUT2D eigenvalue weighted by Crippen LogP contribution is -2.43. The van der Waals surface area contributed by atoms with Gasteiger partial charge < -0.3 is 22.5 Å². The Morgan fingerprint density at radius 3 is 2.19 bits per heavy atom. The molecule has 0 aliphatic heterocycles. The molecule has 0 saturated carbocycles. The zero-order valence-electron chi connectivity index (χ0n) is 11.1. The van der Waals surface area contributed by atoms with E-state index in [1.165, 1.54) is 12.1 Å². The number of primary amides is 2. The van der Waals surface area contributed by atoms with Crippen molar-refractivity contribution in [2.75, 3.05) is 30.7 Å². The number of carbonyl (C=O) groups excluding carboxylic acids is 3. The summed E-state index contributed by atoms with van der Waals surface area (Å²) in [5.74, 6) is -2.74. The van der Waals surface area contributed by atoms with Gasteiger partial charge in [-0.15, -0.1) is 0 Å². The number of halogens is 1. The number of benzene rings is 1. The van der Waals surface area contributed by atoms with Crippen molar-refractivity contribution in [3.8, 4) is 0 Å². The van der Waals surface area contributed by atoms with E-state index in [4.69, 9.17) is 17.2 Å². The Hall–Kier alpha value is -2.68. The van der Waals surface area contributed by atoms with Gasteiger partial charge in [0.15, 0.2) is 0 Å². The maximum Gasteiger partial charge on any atom is 0.238 e. The standard InChI is InChI=1S/C12H16FN5O3/c13-8-2-1-7(14)3-9(8)17-12(21)6-18(4-10(15)19)5-11(16)20/h1-3H,4-6,14H2,(H2,15,19)(H2,16,20)(H,17,21). The van der Waals surface area contributed by atoms with E-state index in [9.17, 15) is 18.8 Å². The zero-order valence-corrected chi connectivity index (χ0v) is 11.1. The average molecular weight is 297 g/mol. The minimum atomic E-state index is -0.723. The summed E-state index contributed by atoms with van der Waals surface area (Å²) in [4.78, 5) is 34.6. The van der Waals surface area contributed by atoms with Gasteiger partial charge in [0.2, 0.25) is 17.7 Å². The molecular formula is C12H16FN5O3. The fourth-order valence-corrected chi connectivity index (χ4v) is 1.64. The molecule has 0 aliphatic carbocycles. The van der Waals surface area contributed by atoms with Crippen LogP contribution in [0.15, 0.2) is 18.2 Å². The molecule has 0 saturated heterocycles. The second-order valence-electron chi connectivity index (χ2n) is 4.37. The summed E-state index contributed by atoms with van der Waals surface area (Å²) in [5.41, 5.74) is 15.7. The molecule has 9 heteroatoms. The van der Waals surface area contributed by atoms with Crippen LogP contribution in [-0.2, 0) is 14.4 Å². The molecule has 0 fully saturated rings. The minimum absolute atomic E-state index is 0.0990. The van der Waals surface area contributed by atoms with Crippen molar-refractivity contribution in [1.29, 1.82) is 0 Å². The van der Waals surface area contributed by atoms with Crippen molar-refractivity contribution >= 4 is 29.1 Å². The number of nitrogen functional groups attached to an aromatic ring is 1. The third-order valence-corrected chi connectivity index (χ3v) is 2.39. The van der Waals surface area contributed by atoms with Gasteiger partial charge in [0.1, 0.15) is 5.82 Å². The number of rotatable bonds is 7. The Labute approximate surface area is 120 Å². The molecule has 3 amide bonds. The summed E-state index contributed by atoms with van der Waals surface area (Å²) in [5, 5.41) is 2.29. The number of anilines is 2. The Balaban J connectivity index is 2.70. The molecule has 0 unspecified atom stereocenters. The van der Waals surface area contributed by atoms with Gasteiger partial charge in [0.25, 0.3) is 0 Å². The van der Waals surface area contributed by atoms with Crippen LogP contribution in [0.25, 0.3) is 0 Å². The van der Waals surface area contributed by atoms with E-state index >= 15 is 0 Å². The molecule has 0 heterocycles. The zero-order chi connectivity index (χ0) is 16.0. The topological polar surface area (TPSA) is 145 Å². The van der Waals surface area contributed by atoms with E-state index in [1.807, 2.05) is 0 Å². The lowest BCUT2D eigenvalue weighted by molar-refractivity contribution is -0.123. The van der Waals surface area contributed by atoms with Crippen LogP contribution in [0.3, 0.4) is 0 Å². The first-order valence-electron chi connectivity index (χ1n) is 5.91. The Morgan fingerprint density at radius 2 is 1.67 bits per heavy atom. The molecule has 0 spiro atoms. The molecule has 1 aromatic rings. The molecular weight excluding hydrogens is 281 g/mol. The molecule has 0 radical (unpaired) electrons. The lowest BCUT2D eigenvalue weighted by atomic mass is 10.2. The van der Waals surface area contributed by atoms with Crippen LogP contribution in [0, 0.1) is 5.82 Å². The van der Waals surface area contributed by atoms with Crippen molar-refractivity contribution < 1.29 is 18.8 Å². The van der Waals surface area contributed by atoms with Crippen LogP contribution in [0.1, 0.15) is 0 Å². The van der Waals surface area contributed by atoms with Crippen molar-refractivity contribution in [3.63, 3.8) is 0 Å². The number of hydrogen-bond acceptors (Lipinski definition) is 5. The van der Waals surface area contributed by atoms with Crippen molar-refractivity contribution in [1.82, 2.24) is 4.90 Å². The van der Waals surface area contributed by atoms with E-state index in [1.54, 1.807) is 0 Å². The van der Waals surface area contributed by atoms with E-state index in [0.29, 0.717) is 0 Å². The van der Waals surface area contributed by atoms with Gasteiger partial charge in [-0.05, 0) is 18.2 Å². The molecule has 1 rings (SSSR count). The number of nitrogens with zero attached hydrogens (tertiary/aromatic N) is 1. The van der Waals surface area contributed by atoms with E-state index in [2.05, 4.69) is 5.32 Å². The fourth-order valence-electron chi connectivity index (χ4n) is 1.64. The normalized spacial score (nSPS) is 10.4. The van der Waals surface area contributed by atoms with Crippen molar-refractivity contribution in [2.45, 2.75) is 0 Å². The highest BCUT2D eigenvalue weighted by Crippen LogP contribution is 2.17. The number of amides is 3. The number of carbonyl (C=O) groups is 3. The van der Waals surface area contributed by atoms with Gasteiger partial charge in [-0.3, -0.25) is 19.3 Å². The van der Waals surface area contributed by atoms with Gasteiger partial charge in [-0.25, -0.2) is 4.39 Å². The second-order valence-corrected chi connectivity index (χ2v) is 4.37. The maximum absolute atomic E-state index is 13.5. The first-order valence-corrected chi connectivity index (χ1v) is 5.91. The molecule has 114 valence electrons. The highest BCUT2D eigenvalue weighted by molar-refractivity contribution is 5.93. The Kier molecular flexibility index (Phi) is 5.61. The van der Waals surface area contributed by atoms with E-state index < -0.39 is 23.5 Å². The quantitative estimate of drug-likeness (QED) is 0.458. The van der Waals surface area contributed by atoms with Crippen molar-refractivity contribution in [3.05, 3.63) is 24.0 Å². The Bertz CT molecular complexity index is 548. The first-order chi connectivity index (χ1) is 9.77. The SMILES string of the molecule is NC(=O)CN(CC(N)=O)CC(=O)Nc1cc(N)ccc1F. The van der Waals surface area contributed by atoms with E-state index in [0.717, 1.165) is 11.0 Å². The highest BCUT2D eigenvalue weighted by Gasteiger charge is 2.16. The molecule has 8 nitrogen and oxygen atoms in total. The van der Waals surface area contributed by atoms with E-state index in [-0.39, 0.29) is 31.0 Å². The average Bonchev–Trinajstić information content (AvgIpc) is 2.31. The maximum atomic E-state index is 13.5. The van der Waals surface area contributed by atoms with Crippen LogP contribution in [0.2, 0.25) is 0 Å². The third kappa shape index (κ3) is 5.87. The number of nitrogens with two attached hydrogens (primary N) is 3. The fraction of sp³-hybridized carbons (Fsp3) is 0.250. The predicted molar refractivity (Wildman–Crippen MR) is 74.3 cm³/mol. The molecule has 7 N–H and O–H groups in total. The van der Waals surface area contributed by atoms with Crippen LogP contribution in [0.5, 0.6) is 0 Å². The first kappa shape index (κ1) is 16.4. The Morgan fingerprint density at radius 1 is 1.10 bits per heavy atom. The number of nitrogens with one attached hydrogen (secondary N) is 1. The van der Waals surface area contributed by atoms with Gasteiger partial charge in [-0.1, -0.05) is 0 Å². The highest BCUT2D eigenvalue weighted by atomic mass is 19.1. The molecule has 1 aromatic carbocycles. The lowest BCUT2D eigenvalue weighted by Gasteiger charge is -2.18. The van der Waals surface area contributed by atoms with Gasteiger partial charge in [0, 0.05) is 5.69 Å². The molecule has 0 aromatic heterocycles. The molecule has 0 bridgehead atoms. The predicted octanol–water partition coefficient (Wildman–Crippen LogP) is -1.38. The van der Waals surface area contributed by atoms with Crippen LogP contribution >= 0.6 is 0 Å². The number of hydrogen-bond donors (Lipinski definition) is 4. The summed E-state index contributed by atoms with van der Waals surface area (Å²) in [6.07, 6.45) is 0. The van der Waals surface area contributed by atoms with Crippen LogP contribution in [0.4, 0.5) is 15.8 Å². The van der Waals surface area contributed by atoms with Gasteiger partial charge in [-0.2, -0.15) is 0 Å². The van der Waals surface area contributed by atoms with Gasteiger partial charge in [0.05, 0.1) is 25.3 Å². The molecule has 0 aliphatic rings. The summed E-state index contributed by atoms with van der Waals surface area (Å²) in [7, 11) is 0.